The van der Waals surface area contributed by atoms with Gasteiger partial charge in [-0.15, -0.1) is 11.8 Å². The Morgan fingerprint density at radius 3 is 2.43 bits per heavy atom. The van der Waals surface area contributed by atoms with E-state index in [0.717, 1.165) is 24.2 Å². The maximum absolute atomic E-state index is 13.1. The molecule has 1 unspecified atom stereocenters. The second-order valence-electron chi connectivity index (χ2n) is 7.35. The minimum Gasteiger partial charge on any atom is -0.354 e. The summed E-state index contributed by atoms with van der Waals surface area (Å²) < 4.78 is 0. The van der Waals surface area contributed by atoms with Gasteiger partial charge in [0, 0.05) is 23.9 Å². The number of amides is 2. The number of carbonyl (C=O) groups is 2. The van der Waals surface area contributed by atoms with Crippen molar-refractivity contribution in [2.45, 2.75) is 52.0 Å². The summed E-state index contributed by atoms with van der Waals surface area (Å²) in [7, 11) is 0. The largest absolute Gasteiger partial charge is 0.354 e. The van der Waals surface area contributed by atoms with Crippen LogP contribution in [-0.4, -0.2) is 35.1 Å². The third-order valence-corrected chi connectivity index (χ3v) is 6.37. The van der Waals surface area contributed by atoms with Gasteiger partial charge in [-0.05, 0) is 43.0 Å². The second kappa shape index (κ2) is 12.7. The lowest BCUT2D eigenvalue weighted by Crippen LogP contribution is -2.48. The molecular formula is C24H31ClN2O2S. The standard InChI is InChI=1S/C24H31ClN2O2S/c1-4-5-14-26-24(29)19(3)27(15-20-11-8-9-13-22(20)25)23(28)17-30-16-21-12-7-6-10-18(21)2/h6-13,19H,4-5,14-17H2,1-3H3,(H,26,29). The molecule has 6 heteroatoms. The van der Waals surface area contributed by atoms with E-state index in [1.54, 1.807) is 29.7 Å². The highest BCUT2D eigenvalue weighted by atomic mass is 35.5. The zero-order valence-electron chi connectivity index (χ0n) is 18.0. The quantitative estimate of drug-likeness (QED) is 0.481. The fourth-order valence-corrected chi connectivity index (χ4v) is 4.21. The van der Waals surface area contributed by atoms with Crippen molar-refractivity contribution < 1.29 is 9.59 Å². The molecule has 0 fully saturated rings. The van der Waals surface area contributed by atoms with E-state index < -0.39 is 6.04 Å². The number of unbranched alkanes of at least 4 members (excludes halogenated alkanes) is 1. The monoisotopic (exact) mass is 446 g/mol. The Morgan fingerprint density at radius 2 is 1.77 bits per heavy atom. The average molecular weight is 447 g/mol. The van der Waals surface area contributed by atoms with Gasteiger partial charge in [-0.25, -0.2) is 0 Å². The van der Waals surface area contributed by atoms with Crippen molar-refractivity contribution in [3.63, 3.8) is 0 Å². The minimum absolute atomic E-state index is 0.0633. The Hall–Kier alpha value is -1.98. The molecule has 0 radical (unpaired) electrons. The van der Waals surface area contributed by atoms with Crippen LogP contribution < -0.4 is 5.32 Å². The molecular weight excluding hydrogens is 416 g/mol. The lowest BCUT2D eigenvalue weighted by Gasteiger charge is -2.29. The predicted molar refractivity (Wildman–Crippen MR) is 127 cm³/mol. The van der Waals surface area contributed by atoms with Crippen molar-refractivity contribution in [1.82, 2.24) is 10.2 Å². The molecule has 1 N–H and O–H groups in total. The topological polar surface area (TPSA) is 49.4 Å². The molecule has 162 valence electrons. The molecule has 0 aromatic heterocycles. The van der Waals surface area contributed by atoms with Crippen LogP contribution in [0.1, 0.15) is 43.4 Å². The van der Waals surface area contributed by atoms with Gasteiger partial charge in [-0.3, -0.25) is 9.59 Å². The molecule has 2 amide bonds. The van der Waals surface area contributed by atoms with E-state index in [4.69, 9.17) is 11.6 Å². The first-order valence-electron chi connectivity index (χ1n) is 10.4. The first kappa shape index (κ1) is 24.3. The first-order chi connectivity index (χ1) is 14.4. The molecule has 0 saturated heterocycles. The van der Waals surface area contributed by atoms with E-state index in [9.17, 15) is 9.59 Å². The Labute approximate surface area is 189 Å². The SMILES string of the molecule is CCCCNC(=O)C(C)N(Cc1ccccc1Cl)C(=O)CSCc1ccccc1C. The summed E-state index contributed by atoms with van der Waals surface area (Å²) in [5, 5.41) is 3.53. The fourth-order valence-electron chi connectivity index (χ4n) is 3.03. The highest BCUT2D eigenvalue weighted by Crippen LogP contribution is 2.21. The fraction of sp³-hybridized carbons (Fsp3) is 0.417. The number of carbonyl (C=O) groups excluding carboxylic acids is 2. The molecule has 0 saturated carbocycles. The smallest absolute Gasteiger partial charge is 0.242 e. The molecule has 4 nitrogen and oxygen atoms in total. The molecule has 0 bridgehead atoms. The van der Waals surface area contributed by atoms with Gasteiger partial charge in [0.05, 0.1) is 5.75 Å². The number of benzene rings is 2. The van der Waals surface area contributed by atoms with Crippen LogP contribution in [0.3, 0.4) is 0 Å². The van der Waals surface area contributed by atoms with Crippen LogP contribution in [0, 0.1) is 6.92 Å². The highest BCUT2D eigenvalue weighted by Gasteiger charge is 2.26. The first-order valence-corrected chi connectivity index (χ1v) is 11.9. The normalized spacial score (nSPS) is 11.7. The zero-order valence-corrected chi connectivity index (χ0v) is 19.6. The zero-order chi connectivity index (χ0) is 21.9. The van der Waals surface area contributed by atoms with Crippen molar-refractivity contribution >= 4 is 35.2 Å². The minimum atomic E-state index is -0.565. The van der Waals surface area contributed by atoms with E-state index in [1.165, 1.54) is 11.1 Å². The maximum Gasteiger partial charge on any atom is 0.242 e. The molecule has 2 aromatic carbocycles. The van der Waals surface area contributed by atoms with Crippen molar-refractivity contribution in [3.05, 3.63) is 70.2 Å². The van der Waals surface area contributed by atoms with Gasteiger partial charge in [-0.1, -0.05) is 67.4 Å². The third kappa shape index (κ3) is 7.37. The van der Waals surface area contributed by atoms with Crippen molar-refractivity contribution in [2.75, 3.05) is 12.3 Å². The van der Waals surface area contributed by atoms with Gasteiger partial charge in [-0.2, -0.15) is 0 Å². The predicted octanol–water partition coefficient (Wildman–Crippen LogP) is 5.22. The van der Waals surface area contributed by atoms with Crippen LogP contribution in [0.5, 0.6) is 0 Å². The van der Waals surface area contributed by atoms with Crippen molar-refractivity contribution in [3.8, 4) is 0 Å². The number of thioether (sulfide) groups is 1. The summed E-state index contributed by atoms with van der Waals surface area (Å²) in [6, 6.07) is 15.1. The third-order valence-electron chi connectivity index (χ3n) is 5.04. The molecule has 0 spiro atoms. The maximum atomic E-state index is 13.1. The Kier molecular flexibility index (Phi) is 10.2. The average Bonchev–Trinajstić information content (AvgIpc) is 2.74. The van der Waals surface area contributed by atoms with Crippen LogP contribution in [0.15, 0.2) is 48.5 Å². The van der Waals surface area contributed by atoms with Crippen LogP contribution in [0.25, 0.3) is 0 Å². The summed E-state index contributed by atoms with van der Waals surface area (Å²) in [6.07, 6.45) is 1.93. The number of rotatable bonds is 11. The van der Waals surface area contributed by atoms with E-state index in [-0.39, 0.29) is 11.8 Å². The summed E-state index contributed by atoms with van der Waals surface area (Å²) in [5.41, 5.74) is 3.27. The van der Waals surface area contributed by atoms with Gasteiger partial charge in [0.1, 0.15) is 6.04 Å². The van der Waals surface area contributed by atoms with Gasteiger partial charge in [0.15, 0.2) is 0 Å². The number of aryl methyl sites for hydroxylation is 1. The number of hydrogen-bond donors (Lipinski definition) is 1. The molecule has 1 atom stereocenters. The van der Waals surface area contributed by atoms with Crippen molar-refractivity contribution in [2.24, 2.45) is 0 Å². The van der Waals surface area contributed by atoms with Crippen LogP contribution >= 0.6 is 23.4 Å². The summed E-state index contributed by atoms with van der Waals surface area (Å²) in [4.78, 5) is 27.4. The highest BCUT2D eigenvalue weighted by molar-refractivity contribution is 7.99. The van der Waals surface area contributed by atoms with E-state index in [1.807, 2.05) is 30.3 Å². The molecule has 0 heterocycles. The molecule has 2 aromatic rings. The summed E-state index contributed by atoms with van der Waals surface area (Å²) >= 11 is 7.88. The molecule has 2 rings (SSSR count). The van der Waals surface area contributed by atoms with Gasteiger partial charge in [0.25, 0.3) is 0 Å². The van der Waals surface area contributed by atoms with Crippen LogP contribution in [-0.2, 0) is 21.9 Å². The lowest BCUT2D eigenvalue weighted by molar-refractivity contribution is -0.138. The van der Waals surface area contributed by atoms with Crippen molar-refractivity contribution in [1.29, 1.82) is 0 Å². The van der Waals surface area contributed by atoms with Gasteiger partial charge in [0.2, 0.25) is 11.8 Å². The molecule has 0 aliphatic heterocycles. The molecule has 0 aliphatic carbocycles. The van der Waals surface area contributed by atoms with E-state index in [2.05, 4.69) is 31.3 Å². The Balaban J connectivity index is 2.07. The summed E-state index contributed by atoms with van der Waals surface area (Å²) in [5.74, 6) is 0.875. The van der Waals surface area contributed by atoms with E-state index in [0.29, 0.717) is 23.9 Å². The number of hydrogen-bond acceptors (Lipinski definition) is 3. The molecule has 0 aliphatic rings. The van der Waals surface area contributed by atoms with Crippen LogP contribution in [0.2, 0.25) is 5.02 Å². The molecule has 30 heavy (non-hydrogen) atoms. The summed E-state index contributed by atoms with van der Waals surface area (Å²) in [6.45, 7) is 6.86. The number of nitrogens with one attached hydrogen (secondary N) is 1. The Morgan fingerprint density at radius 1 is 1.10 bits per heavy atom. The Bertz CT molecular complexity index is 843. The number of halogens is 1. The lowest BCUT2D eigenvalue weighted by atomic mass is 10.1. The van der Waals surface area contributed by atoms with E-state index >= 15 is 0 Å². The van der Waals surface area contributed by atoms with Crippen LogP contribution in [0.4, 0.5) is 0 Å². The number of nitrogens with zero attached hydrogens (tertiary/aromatic N) is 1. The van der Waals surface area contributed by atoms with Gasteiger partial charge >= 0.3 is 0 Å². The second-order valence-corrected chi connectivity index (χ2v) is 8.75. The van der Waals surface area contributed by atoms with Gasteiger partial charge < -0.3 is 10.2 Å².